The van der Waals surface area contributed by atoms with E-state index in [-0.39, 0.29) is 5.41 Å². The van der Waals surface area contributed by atoms with Gasteiger partial charge in [0.1, 0.15) is 0 Å². The number of fused-ring (bicyclic) bond motifs is 4. The number of benzene rings is 2. The maximum atomic E-state index is 2.32. The van der Waals surface area contributed by atoms with Gasteiger partial charge in [0.15, 0.2) is 0 Å². The van der Waals surface area contributed by atoms with Crippen LogP contribution < -0.4 is 0 Å². The number of aromatic nitrogens is 1. The Morgan fingerprint density at radius 3 is 2.33 bits per heavy atom. The topological polar surface area (TPSA) is 4.93 Å². The molecule has 0 unspecified atom stereocenters. The van der Waals surface area contributed by atoms with Gasteiger partial charge >= 0.3 is 0 Å². The molecule has 0 atom stereocenters. The zero-order valence-electron chi connectivity index (χ0n) is 12.7. The van der Waals surface area contributed by atoms with Gasteiger partial charge in [0, 0.05) is 34.6 Å². The summed E-state index contributed by atoms with van der Waals surface area (Å²) in [5.74, 6) is 0. The molecule has 1 aliphatic carbocycles. The summed E-state index contributed by atoms with van der Waals surface area (Å²) in [5.41, 5.74) is 4.04. The lowest BCUT2D eigenvalue weighted by molar-refractivity contribution is 0.633. The Morgan fingerprint density at radius 1 is 0.905 bits per heavy atom. The predicted molar refractivity (Wildman–Crippen MR) is 92.3 cm³/mol. The maximum Gasteiger partial charge on any atom is 0.0495 e. The minimum Gasteiger partial charge on any atom is -0.344 e. The lowest BCUT2D eigenvalue weighted by Gasteiger charge is -2.12. The predicted octanol–water partition coefficient (Wildman–Crippen LogP) is 5.40. The third-order valence-electron chi connectivity index (χ3n) is 4.50. The summed E-state index contributed by atoms with van der Waals surface area (Å²) in [5, 5.41) is 3.94. The summed E-state index contributed by atoms with van der Waals surface area (Å²) >= 11 is 0. The molecule has 0 fully saturated rings. The first-order valence-corrected chi connectivity index (χ1v) is 7.45. The van der Waals surface area contributed by atoms with Crippen molar-refractivity contribution in [3.8, 4) is 0 Å². The average molecular weight is 273 g/mol. The maximum absolute atomic E-state index is 2.32. The van der Waals surface area contributed by atoms with Gasteiger partial charge in [-0.2, -0.15) is 0 Å². The third-order valence-corrected chi connectivity index (χ3v) is 4.50. The minimum absolute atomic E-state index is 0.113. The van der Waals surface area contributed by atoms with Crippen molar-refractivity contribution in [2.45, 2.75) is 13.8 Å². The molecule has 0 spiro atoms. The van der Waals surface area contributed by atoms with E-state index in [1.54, 1.807) is 0 Å². The monoisotopic (exact) mass is 273 g/mol. The fourth-order valence-electron chi connectivity index (χ4n) is 3.19. The van der Waals surface area contributed by atoms with E-state index in [1.165, 1.54) is 32.9 Å². The first kappa shape index (κ1) is 12.5. The van der Waals surface area contributed by atoms with Crippen LogP contribution in [0.1, 0.15) is 25.1 Å². The third kappa shape index (κ3) is 1.84. The van der Waals surface area contributed by atoms with Gasteiger partial charge in [-0.3, -0.25) is 0 Å². The highest BCUT2D eigenvalue weighted by atomic mass is 14.9. The Kier molecular flexibility index (Phi) is 2.44. The number of hydrogen-bond donors (Lipinski definition) is 0. The molecule has 1 heterocycles. The van der Waals surface area contributed by atoms with E-state index >= 15 is 0 Å². The van der Waals surface area contributed by atoms with Gasteiger partial charge < -0.3 is 4.57 Å². The summed E-state index contributed by atoms with van der Waals surface area (Å²) in [6, 6.07) is 13.2. The van der Waals surface area contributed by atoms with Gasteiger partial charge in [-0.15, -0.1) is 0 Å². The van der Waals surface area contributed by atoms with Crippen LogP contribution in [0.25, 0.3) is 33.8 Å². The van der Waals surface area contributed by atoms with Crippen molar-refractivity contribution in [2.75, 3.05) is 0 Å². The Bertz CT molecular complexity index is 920. The van der Waals surface area contributed by atoms with Crippen LogP contribution in [-0.4, -0.2) is 4.57 Å². The number of hydrogen-bond acceptors (Lipinski definition) is 0. The first-order valence-electron chi connectivity index (χ1n) is 7.45. The van der Waals surface area contributed by atoms with E-state index in [2.05, 4.69) is 86.2 Å². The van der Waals surface area contributed by atoms with Crippen LogP contribution in [0.15, 0.2) is 48.6 Å². The number of allylic oxidation sites excluding steroid dienone is 2. The summed E-state index contributed by atoms with van der Waals surface area (Å²) in [6.07, 6.45) is 9.13. The van der Waals surface area contributed by atoms with E-state index in [0.29, 0.717) is 0 Å². The second-order valence-electron chi connectivity index (χ2n) is 6.56. The molecule has 0 aliphatic heterocycles. The second-order valence-corrected chi connectivity index (χ2v) is 6.56. The molecular formula is C20H19N. The summed E-state index contributed by atoms with van der Waals surface area (Å²) in [4.78, 5) is 0. The van der Waals surface area contributed by atoms with E-state index in [9.17, 15) is 0 Å². The van der Waals surface area contributed by atoms with Gasteiger partial charge in [0.05, 0.1) is 0 Å². The normalized spacial score (nSPS) is 16.3. The van der Waals surface area contributed by atoms with Crippen LogP contribution in [0.4, 0.5) is 0 Å². The lowest BCUT2D eigenvalue weighted by atomic mass is 9.93. The SMILES string of the molecule is Cn1c2c(c3cc4ccccc4cc31)C=CC(C)(C)C=C2. The lowest BCUT2D eigenvalue weighted by Crippen LogP contribution is -2.00. The highest BCUT2D eigenvalue weighted by Crippen LogP contribution is 2.35. The Morgan fingerprint density at radius 2 is 1.57 bits per heavy atom. The zero-order chi connectivity index (χ0) is 14.6. The van der Waals surface area contributed by atoms with E-state index in [1.807, 2.05) is 0 Å². The van der Waals surface area contributed by atoms with E-state index < -0.39 is 0 Å². The smallest absolute Gasteiger partial charge is 0.0495 e. The van der Waals surface area contributed by atoms with Crippen LogP contribution in [0, 0.1) is 5.41 Å². The van der Waals surface area contributed by atoms with Crippen molar-refractivity contribution in [3.05, 3.63) is 59.8 Å². The quantitative estimate of drug-likeness (QED) is 0.517. The molecular weight excluding hydrogens is 254 g/mol. The van der Waals surface area contributed by atoms with Gasteiger partial charge in [-0.1, -0.05) is 56.3 Å². The van der Waals surface area contributed by atoms with E-state index in [0.717, 1.165) is 0 Å². The molecule has 0 saturated heterocycles. The van der Waals surface area contributed by atoms with Crippen molar-refractivity contribution in [1.29, 1.82) is 0 Å². The Hall–Kier alpha value is -2.28. The molecule has 1 aliphatic rings. The molecule has 1 aromatic heterocycles. The van der Waals surface area contributed by atoms with Crippen molar-refractivity contribution in [2.24, 2.45) is 12.5 Å². The van der Waals surface area contributed by atoms with Crippen LogP contribution in [0.2, 0.25) is 0 Å². The van der Waals surface area contributed by atoms with Crippen molar-refractivity contribution in [3.63, 3.8) is 0 Å². The van der Waals surface area contributed by atoms with Gasteiger partial charge in [0.25, 0.3) is 0 Å². The fraction of sp³-hybridized carbons (Fsp3) is 0.200. The summed E-state index contributed by atoms with van der Waals surface area (Å²) < 4.78 is 2.30. The number of nitrogens with zero attached hydrogens (tertiary/aromatic N) is 1. The number of rotatable bonds is 0. The molecule has 104 valence electrons. The van der Waals surface area contributed by atoms with Crippen molar-refractivity contribution >= 4 is 33.8 Å². The molecule has 0 amide bonds. The second kappa shape index (κ2) is 4.11. The largest absolute Gasteiger partial charge is 0.344 e. The highest BCUT2D eigenvalue weighted by molar-refractivity contribution is 6.03. The number of aryl methyl sites for hydroxylation is 1. The molecule has 0 bridgehead atoms. The molecule has 1 heteroatoms. The molecule has 0 N–H and O–H groups in total. The summed E-state index contributed by atoms with van der Waals surface area (Å²) in [7, 11) is 2.16. The van der Waals surface area contributed by atoms with Crippen LogP contribution in [0.3, 0.4) is 0 Å². The van der Waals surface area contributed by atoms with E-state index in [4.69, 9.17) is 0 Å². The molecule has 3 aromatic rings. The zero-order valence-corrected chi connectivity index (χ0v) is 12.7. The van der Waals surface area contributed by atoms with Crippen LogP contribution in [0.5, 0.6) is 0 Å². The fourth-order valence-corrected chi connectivity index (χ4v) is 3.19. The van der Waals surface area contributed by atoms with Crippen molar-refractivity contribution < 1.29 is 0 Å². The standard InChI is InChI=1S/C20H19N/c1-20(2)10-8-16-17-12-14-6-4-5-7-15(14)13-19(17)21(3)18(16)9-11-20/h4-13H,1-3H3. The van der Waals surface area contributed by atoms with Crippen LogP contribution >= 0.6 is 0 Å². The molecule has 0 radical (unpaired) electrons. The van der Waals surface area contributed by atoms with Gasteiger partial charge in [-0.05, 0) is 29.0 Å². The van der Waals surface area contributed by atoms with Gasteiger partial charge in [0.2, 0.25) is 0 Å². The Labute approximate surface area is 125 Å². The first-order chi connectivity index (χ1) is 10.1. The van der Waals surface area contributed by atoms with Crippen LogP contribution in [-0.2, 0) is 7.05 Å². The molecule has 21 heavy (non-hydrogen) atoms. The minimum atomic E-state index is 0.113. The molecule has 1 nitrogen and oxygen atoms in total. The molecule has 2 aromatic carbocycles. The highest BCUT2D eigenvalue weighted by Gasteiger charge is 2.18. The Balaban J connectivity index is 2.12. The van der Waals surface area contributed by atoms with Crippen molar-refractivity contribution in [1.82, 2.24) is 4.57 Å². The molecule has 4 rings (SSSR count). The summed E-state index contributed by atoms with van der Waals surface area (Å²) in [6.45, 7) is 4.48. The molecule has 0 saturated carbocycles. The van der Waals surface area contributed by atoms with Gasteiger partial charge in [-0.25, -0.2) is 0 Å². The average Bonchev–Trinajstić information content (AvgIpc) is 2.61.